The van der Waals surface area contributed by atoms with Gasteiger partial charge in [-0.3, -0.25) is 0 Å². The van der Waals surface area contributed by atoms with E-state index in [0.717, 1.165) is 37.4 Å². The molecule has 1 saturated carbocycles. The highest BCUT2D eigenvalue weighted by atomic mass is 35.5. The zero-order valence-corrected chi connectivity index (χ0v) is 6.92. The average molecular weight is 175 g/mol. The predicted octanol–water partition coefficient (Wildman–Crippen LogP) is 2.03. The predicted molar refractivity (Wildman–Crippen MR) is 43.8 cm³/mol. The Bertz CT molecular complexity index is 177. The Morgan fingerprint density at radius 2 is 2.36 bits per heavy atom. The number of carbonyl (C=O) groups excluding carboxylic acids is 1. The van der Waals surface area contributed by atoms with Crippen LogP contribution >= 0.6 is 11.6 Å². The van der Waals surface area contributed by atoms with Crippen molar-refractivity contribution < 1.29 is 9.90 Å². The third kappa shape index (κ3) is 1.74. The van der Waals surface area contributed by atoms with Gasteiger partial charge in [0.15, 0.2) is 0 Å². The normalized spacial score (nSPS) is 35.5. The summed E-state index contributed by atoms with van der Waals surface area (Å²) in [6.45, 7) is 0. The van der Waals surface area contributed by atoms with Crippen molar-refractivity contribution in [3.05, 3.63) is 11.8 Å². The van der Waals surface area contributed by atoms with E-state index in [-0.39, 0.29) is 11.3 Å². The fraction of sp³-hybridized carbons (Fsp3) is 0.625. The van der Waals surface area contributed by atoms with Gasteiger partial charge in [0.25, 0.3) is 0 Å². The summed E-state index contributed by atoms with van der Waals surface area (Å²) in [6.07, 6.45) is 4.51. The lowest BCUT2D eigenvalue weighted by Crippen LogP contribution is -2.23. The van der Waals surface area contributed by atoms with Crippen LogP contribution in [-0.4, -0.2) is 16.8 Å². The largest absolute Gasteiger partial charge is 0.516 e. The minimum Gasteiger partial charge on any atom is -0.516 e. The van der Waals surface area contributed by atoms with Gasteiger partial charge in [-0.1, -0.05) is 0 Å². The summed E-state index contributed by atoms with van der Waals surface area (Å²) in [5.41, 5.74) is 0.787. The van der Waals surface area contributed by atoms with Crippen molar-refractivity contribution in [2.24, 2.45) is 5.92 Å². The van der Waals surface area contributed by atoms with Gasteiger partial charge in [-0.25, -0.2) is 0 Å². The molecule has 62 valence electrons. The van der Waals surface area contributed by atoms with Gasteiger partial charge in [0.1, 0.15) is 6.29 Å². The minimum absolute atomic E-state index is 0.108. The molecule has 1 aliphatic rings. The van der Waals surface area contributed by atoms with Crippen molar-refractivity contribution in [1.82, 2.24) is 0 Å². The lowest BCUT2D eigenvalue weighted by Gasteiger charge is -2.24. The second kappa shape index (κ2) is 3.77. The second-order valence-corrected chi connectivity index (χ2v) is 3.27. The lowest BCUT2D eigenvalue weighted by atomic mass is 9.86. The van der Waals surface area contributed by atoms with Gasteiger partial charge < -0.3 is 9.90 Å². The Kier molecular flexibility index (Phi) is 2.94. The van der Waals surface area contributed by atoms with Crippen molar-refractivity contribution in [2.45, 2.75) is 24.6 Å². The molecular weight excluding hydrogens is 164 g/mol. The first-order chi connectivity index (χ1) is 5.29. The van der Waals surface area contributed by atoms with Crippen LogP contribution < -0.4 is 0 Å². The molecule has 1 fully saturated rings. The molecule has 0 aromatic carbocycles. The van der Waals surface area contributed by atoms with Gasteiger partial charge in [-0.05, 0) is 24.8 Å². The van der Waals surface area contributed by atoms with Gasteiger partial charge >= 0.3 is 0 Å². The van der Waals surface area contributed by atoms with Crippen LogP contribution in [0.1, 0.15) is 19.3 Å². The van der Waals surface area contributed by atoms with E-state index in [4.69, 9.17) is 16.7 Å². The molecule has 1 N–H and O–H groups in total. The molecule has 0 aromatic rings. The van der Waals surface area contributed by atoms with Crippen molar-refractivity contribution in [3.63, 3.8) is 0 Å². The SMILES string of the molecule is O=CC1CCCC(=CO)C1Cl. The third-order valence-electron chi connectivity index (χ3n) is 2.07. The summed E-state index contributed by atoms with van der Waals surface area (Å²) in [6, 6.07) is 0. The topological polar surface area (TPSA) is 37.3 Å². The van der Waals surface area contributed by atoms with E-state index in [1.165, 1.54) is 0 Å². The van der Waals surface area contributed by atoms with Crippen LogP contribution in [0.15, 0.2) is 11.8 Å². The maximum Gasteiger partial charge on any atom is 0.124 e. The number of aldehydes is 1. The first kappa shape index (κ1) is 8.60. The number of carbonyl (C=O) groups is 1. The summed E-state index contributed by atoms with van der Waals surface area (Å²) in [4.78, 5) is 10.4. The van der Waals surface area contributed by atoms with Crippen molar-refractivity contribution >= 4 is 17.9 Å². The molecule has 3 heteroatoms. The summed E-state index contributed by atoms with van der Waals surface area (Å²) in [5.74, 6) is -0.108. The van der Waals surface area contributed by atoms with Gasteiger partial charge in [-0.2, -0.15) is 0 Å². The van der Waals surface area contributed by atoms with Crippen LogP contribution in [0, 0.1) is 5.92 Å². The Morgan fingerprint density at radius 3 is 2.91 bits per heavy atom. The Morgan fingerprint density at radius 1 is 1.64 bits per heavy atom. The van der Waals surface area contributed by atoms with Crippen molar-refractivity contribution in [2.75, 3.05) is 0 Å². The highest BCUT2D eigenvalue weighted by molar-refractivity contribution is 6.23. The van der Waals surface area contributed by atoms with Crippen LogP contribution in [-0.2, 0) is 4.79 Å². The van der Waals surface area contributed by atoms with Crippen LogP contribution in [0.5, 0.6) is 0 Å². The molecule has 11 heavy (non-hydrogen) atoms. The van der Waals surface area contributed by atoms with Crippen LogP contribution in [0.3, 0.4) is 0 Å². The van der Waals surface area contributed by atoms with E-state index in [9.17, 15) is 4.79 Å². The number of halogens is 1. The number of rotatable bonds is 1. The van der Waals surface area contributed by atoms with Gasteiger partial charge in [-0.15, -0.1) is 11.6 Å². The summed E-state index contributed by atoms with van der Waals surface area (Å²) in [7, 11) is 0. The number of hydrogen-bond donors (Lipinski definition) is 1. The van der Waals surface area contributed by atoms with Crippen LogP contribution in [0.4, 0.5) is 0 Å². The molecule has 0 radical (unpaired) electrons. The molecule has 0 heterocycles. The highest BCUT2D eigenvalue weighted by Crippen LogP contribution is 2.31. The van der Waals surface area contributed by atoms with E-state index >= 15 is 0 Å². The van der Waals surface area contributed by atoms with Crippen LogP contribution in [0.25, 0.3) is 0 Å². The minimum atomic E-state index is -0.286. The Balaban J connectivity index is 2.66. The molecule has 1 rings (SSSR count). The fourth-order valence-corrected chi connectivity index (χ4v) is 1.72. The van der Waals surface area contributed by atoms with Crippen molar-refractivity contribution in [3.8, 4) is 0 Å². The second-order valence-electron chi connectivity index (χ2n) is 2.80. The fourth-order valence-electron chi connectivity index (χ4n) is 1.37. The standard InChI is InChI=1S/C8H11ClO2/c9-8-6(4-10)2-1-3-7(8)5-11/h4-6,8,11H,1-3H2. The maximum atomic E-state index is 10.4. The summed E-state index contributed by atoms with van der Waals surface area (Å²) >= 11 is 5.89. The molecule has 0 aliphatic heterocycles. The number of aliphatic hydroxyl groups is 1. The Hall–Kier alpha value is -0.500. The average Bonchev–Trinajstić information content (AvgIpc) is 2.05. The molecule has 2 unspecified atom stereocenters. The smallest absolute Gasteiger partial charge is 0.124 e. The highest BCUT2D eigenvalue weighted by Gasteiger charge is 2.26. The zero-order valence-electron chi connectivity index (χ0n) is 6.16. The number of hydrogen-bond acceptors (Lipinski definition) is 2. The molecule has 0 saturated heterocycles. The summed E-state index contributed by atoms with van der Waals surface area (Å²) < 4.78 is 0. The van der Waals surface area contributed by atoms with E-state index in [1.807, 2.05) is 0 Å². The Labute approximate surface area is 70.9 Å². The number of aliphatic hydroxyl groups excluding tert-OH is 1. The van der Waals surface area contributed by atoms with Gasteiger partial charge in [0.05, 0.1) is 11.6 Å². The molecule has 1 aliphatic carbocycles. The first-order valence-electron chi connectivity index (χ1n) is 3.72. The monoisotopic (exact) mass is 174 g/mol. The van der Waals surface area contributed by atoms with E-state index in [0.29, 0.717) is 0 Å². The number of allylic oxidation sites excluding steroid dienone is 1. The van der Waals surface area contributed by atoms with E-state index in [2.05, 4.69) is 0 Å². The zero-order chi connectivity index (χ0) is 8.27. The molecule has 2 atom stereocenters. The van der Waals surface area contributed by atoms with Gasteiger partial charge in [0, 0.05) is 5.92 Å². The maximum absolute atomic E-state index is 10.4. The molecule has 0 spiro atoms. The summed E-state index contributed by atoms with van der Waals surface area (Å²) in [5, 5.41) is 8.43. The number of alkyl halides is 1. The quantitative estimate of drug-likeness (QED) is 0.375. The lowest BCUT2D eigenvalue weighted by molar-refractivity contribution is -0.111. The van der Waals surface area contributed by atoms with Gasteiger partial charge in [0.2, 0.25) is 0 Å². The molecule has 0 aromatic heterocycles. The first-order valence-corrected chi connectivity index (χ1v) is 4.15. The van der Waals surface area contributed by atoms with Crippen LogP contribution in [0.2, 0.25) is 0 Å². The van der Waals surface area contributed by atoms with Crippen molar-refractivity contribution in [1.29, 1.82) is 0 Å². The molecule has 0 bridgehead atoms. The molecule has 2 nitrogen and oxygen atoms in total. The molecule has 0 amide bonds. The van der Waals surface area contributed by atoms with E-state index in [1.54, 1.807) is 0 Å². The molecular formula is C8H11ClO2. The van der Waals surface area contributed by atoms with E-state index < -0.39 is 0 Å². The third-order valence-corrected chi connectivity index (χ3v) is 2.68.